The molecule has 0 heterocycles. The van der Waals surface area contributed by atoms with Crippen molar-refractivity contribution in [3.8, 4) is 0 Å². The van der Waals surface area contributed by atoms with E-state index in [1.807, 2.05) is 44.2 Å². The second-order valence-electron chi connectivity index (χ2n) is 4.73. The van der Waals surface area contributed by atoms with Crippen molar-refractivity contribution in [1.82, 2.24) is 0 Å². The van der Waals surface area contributed by atoms with Gasteiger partial charge in [0, 0.05) is 16.4 Å². The summed E-state index contributed by atoms with van der Waals surface area (Å²) in [5, 5.41) is 6.59. The van der Waals surface area contributed by atoms with Crippen LogP contribution in [0.3, 0.4) is 0 Å². The van der Waals surface area contributed by atoms with Gasteiger partial charge in [0.25, 0.3) is 0 Å². The highest BCUT2D eigenvalue weighted by Crippen LogP contribution is 2.16. The summed E-state index contributed by atoms with van der Waals surface area (Å²) in [4.78, 5) is 12.1. The zero-order valence-corrected chi connectivity index (χ0v) is 12.2. The van der Waals surface area contributed by atoms with E-state index in [1.54, 1.807) is 18.2 Å². The maximum atomic E-state index is 12.1. The lowest BCUT2D eigenvalue weighted by Crippen LogP contribution is -2.31. The van der Waals surface area contributed by atoms with Gasteiger partial charge in [-0.05, 0) is 44.2 Å². The molecule has 20 heavy (non-hydrogen) atoms. The van der Waals surface area contributed by atoms with E-state index in [-0.39, 0.29) is 11.9 Å². The van der Waals surface area contributed by atoms with Crippen LogP contribution in [0.15, 0.2) is 48.5 Å². The SMILES string of the molecule is Cc1ccc(N[C@H](C)C(=O)Nc2cccc(Cl)c2)cc1. The number of benzene rings is 2. The van der Waals surface area contributed by atoms with E-state index < -0.39 is 0 Å². The number of amides is 1. The van der Waals surface area contributed by atoms with Crippen LogP contribution in [0.4, 0.5) is 11.4 Å². The molecule has 0 unspecified atom stereocenters. The van der Waals surface area contributed by atoms with Gasteiger partial charge in [-0.1, -0.05) is 35.4 Å². The van der Waals surface area contributed by atoms with E-state index in [2.05, 4.69) is 10.6 Å². The molecule has 2 aromatic rings. The molecule has 0 aliphatic carbocycles. The van der Waals surface area contributed by atoms with Crippen molar-refractivity contribution in [3.05, 3.63) is 59.1 Å². The van der Waals surface area contributed by atoms with Gasteiger partial charge in [-0.15, -0.1) is 0 Å². The van der Waals surface area contributed by atoms with Crippen LogP contribution < -0.4 is 10.6 Å². The fraction of sp³-hybridized carbons (Fsp3) is 0.188. The maximum Gasteiger partial charge on any atom is 0.246 e. The Kier molecular flexibility index (Phi) is 4.64. The fourth-order valence-corrected chi connectivity index (χ4v) is 1.97. The van der Waals surface area contributed by atoms with Crippen LogP contribution in [0.25, 0.3) is 0 Å². The summed E-state index contributed by atoms with van der Waals surface area (Å²) < 4.78 is 0. The zero-order chi connectivity index (χ0) is 14.5. The monoisotopic (exact) mass is 288 g/mol. The lowest BCUT2D eigenvalue weighted by molar-refractivity contribution is -0.116. The summed E-state index contributed by atoms with van der Waals surface area (Å²) in [6.07, 6.45) is 0. The summed E-state index contributed by atoms with van der Waals surface area (Å²) in [5.74, 6) is -0.104. The van der Waals surface area contributed by atoms with E-state index in [0.29, 0.717) is 10.7 Å². The predicted octanol–water partition coefficient (Wildman–Crippen LogP) is 4.09. The molecule has 0 aromatic heterocycles. The molecule has 0 fully saturated rings. The first-order valence-electron chi connectivity index (χ1n) is 6.44. The second-order valence-corrected chi connectivity index (χ2v) is 5.17. The minimum absolute atomic E-state index is 0.104. The highest BCUT2D eigenvalue weighted by Gasteiger charge is 2.12. The zero-order valence-electron chi connectivity index (χ0n) is 11.5. The largest absolute Gasteiger partial charge is 0.374 e. The van der Waals surface area contributed by atoms with Crippen LogP contribution in [0, 0.1) is 6.92 Å². The summed E-state index contributed by atoms with van der Waals surface area (Å²) in [7, 11) is 0. The highest BCUT2D eigenvalue weighted by atomic mass is 35.5. The molecule has 104 valence electrons. The molecule has 0 spiro atoms. The van der Waals surface area contributed by atoms with Gasteiger partial charge in [0.2, 0.25) is 5.91 Å². The quantitative estimate of drug-likeness (QED) is 0.890. The molecule has 0 radical (unpaired) electrons. The highest BCUT2D eigenvalue weighted by molar-refractivity contribution is 6.30. The average molecular weight is 289 g/mol. The number of anilines is 2. The molecule has 2 aromatic carbocycles. The maximum absolute atomic E-state index is 12.1. The topological polar surface area (TPSA) is 41.1 Å². The van der Waals surface area contributed by atoms with Gasteiger partial charge in [-0.3, -0.25) is 4.79 Å². The number of aryl methyl sites for hydroxylation is 1. The van der Waals surface area contributed by atoms with Crippen molar-refractivity contribution in [1.29, 1.82) is 0 Å². The molecule has 3 nitrogen and oxygen atoms in total. The standard InChI is InChI=1S/C16H17ClN2O/c1-11-6-8-14(9-7-11)18-12(2)16(20)19-15-5-3-4-13(17)10-15/h3-10,12,18H,1-2H3,(H,19,20)/t12-/m1/s1. The van der Waals surface area contributed by atoms with Crippen LogP contribution in [-0.2, 0) is 4.79 Å². The van der Waals surface area contributed by atoms with E-state index in [9.17, 15) is 4.79 Å². The van der Waals surface area contributed by atoms with Gasteiger partial charge < -0.3 is 10.6 Å². The molecule has 0 bridgehead atoms. The fourth-order valence-electron chi connectivity index (χ4n) is 1.78. The average Bonchev–Trinajstić information content (AvgIpc) is 2.41. The lowest BCUT2D eigenvalue weighted by Gasteiger charge is -2.15. The molecular formula is C16H17ClN2O. The third-order valence-electron chi connectivity index (χ3n) is 2.92. The van der Waals surface area contributed by atoms with Gasteiger partial charge >= 0.3 is 0 Å². The van der Waals surface area contributed by atoms with Gasteiger partial charge in [0.05, 0.1) is 0 Å². The Hall–Kier alpha value is -2.00. The Bertz CT molecular complexity index is 596. The summed E-state index contributed by atoms with van der Waals surface area (Å²) in [5.41, 5.74) is 2.80. The van der Waals surface area contributed by atoms with E-state index in [4.69, 9.17) is 11.6 Å². The van der Waals surface area contributed by atoms with Crippen molar-refractivity contribution in [2.24, 2.45) is 0 Å². The number of carbonyl (C=O) groups is 1. The first kappa shape index (κ1) is 14.4. The van der Waals surface area contributed by atoms with Gasteiger partial charge in [0.1, 0.15) is 6.04 Å². The van der Waals surface area contributed by atoms with E-state index >= 15 is 0 Å². The predicted molar refractivity (Wildman–Crippen MR) is 84.3 cm³/mol. The van der Waals surface area contributed by atoms with Crippen molar-refractivity contribution < 1.29 is 4.79 Å². The van der Waals surface area contributed by atoms with Gasteiger partial charge in [0.15, 0.2) is 0 Å². The molecule has 2 rings (SSSR count). The van der Waals surface area contributed by atoms with Crippen LogP contribution in [0.5, 0.6) is 0 Å². The van der Waals surface area contributed by atoms with Crippen LogP contribution in [0.1, 0.15) is 12.5 Å². The van der Waals surface area contributed by atoms with E-state index in [1.165, 1.54) is 5.56 Å². The Morgan fingerprint density at radius 3 is 2.45 bits per heavy atom. The number of nitrogens with one attached hydrogen (secondary N) is 2. The minimum Gasteiger partial charge on any atom is -0.374 e. The Morgan fingerprint density at radius 2 is 1.80 bits per heavy atom. The van der Waals surface area contributed by atoms with Crippen LogP contribution in [-0.4, -0.2) is 11.9 Å². The molecule has 4 heteroatoms. The number of halogens is 1. The normalized spacial score (nSPS) is 11.8. The van der Waals surface area contributed by atoms with Crippen LogP contribution in [0.2, 0.25) is 5.02 Å². The Balaban J connectivity index is 1.96. The van der Waals surface area contributed by atoms with Gasteiger partial charge in [-0.2, -0.15) is 0 Å². The number of rotatable bonds is 4. The van der Waals surface area contributed by atoms with Gasteiger partial charge in [-0.25, -0.2) is 0 Å². The van der Waals surface area contributed by atoms with Crippen molar-refractivity contribution >= 4 is 28.9 Å². The Labute approximate surface area is 124 Å². The first-order chi connectivity index (χ1) is 9.54. The molecule has 0 aliphatic heterocycles. The molecule has 1 atom stereocenters. The van der Waals surface area contributed by atoms with E-state index in [0.717, 1.165) is 5.69 Å². The number of carbonyl (C=O) groups excluding carboxylic acids is 1. The lowest BCUT2D eigenvalue weighted by atomic mass is 10.2. The Morgan fingerprint density at radius 1 is 1.10 bits per heavy atom. The molecular weight excluding hydrogens is 272 g/mol. The number of hydrogen-bond donors (Lipinski definition) is 2. The second kappa shape index (κ2) is 6.44. The third kappa shape index (κ3) is 4.00. The summed E-state index contributed by atoms with van der Waals surface area (Å²) in [6, 6.07) is 14.7. The summed E-state index contributed by atoms with van der Waals surface area (Å²) >= 11 is 5.89. The van der Waals surface area contributed by atoms with Crippen molar-refractivity contribution in [3.63, 3.8) is 0 Å². The summed E-state index contributed by atoms with van der Waals surface area (Å²) in [6.45, 7) is 3.85. The molecule has 1 amide bonds. The molecule has 0 saturated carbocycles. The molecule has 2 N–H and O–H groups in total. The van der Waals surface area contributed by atoms with Crippen molar-refractivity contribution in [2.75, 3.05) is 10.6 Å². The minimum atomic E-state index is -0.336. The van der Waals surface area contributed by atoms with Crippen molar-refractivity contribution in [2.45, 2.75) is 19.9 Å². The molecule has 0 saturated heterocycles. The third-order valence-corrected chi connectivity index (χ3v) is 3.16. The smallest absolute Gasteiger partial charge is 0.246 e. The number of hydrogen-bond acceptors (Lipinski definition) is 2. The first-order valence-corrected chi connectivity index (χ1v) is 6.82. The molecule has 0 aliphatic rings. The van der Waals surface area contributed by atoms with Crippen LogP contribution >= 0.6 is 11.6 Å².